The Hall–Kier alpha value is -0.280. The fraction of sp³-hybridized carbons (Fsp3) is 0.600. The summed E-state index contributed by atoms with van der Waals surface area (Å²) < 4.78 is 0. The molecule has 1 fully saturated rings. The normalized spacial score (nSPS) is 21.3. The summed E-state index contributed by atoms with van der Waals surface area (Å²) in [5.41, 5.74) is 0.440. The number of halogens is 2. The van der Waals surface area contributed by atoms with Gasteiger partial charge in [0.15, 0.2) is 0 Å². The summed E-state index contributed by atoms with van der Waals surface area (Å²) in [7, 11) is 0. The highest BCUT2D eigenvalue weighted by Crippen LogP contribution is 2.39. The van der Waals surface area contributed by atoms with Gasteiger partial charge in [-0.05, 0) is 57.5 Å². The van der Waals surface area contributed by atoms with Gasteiger partial charge in [-0.25, -0.2) is 0 Å². The number of hydrogen-bond acceptors (Lipinski definition) is 2. The van der Waals surface area contributed by atoms with Crippen LogP contribution in [0.4, 0.5) is 0 Å². The molecule has 19 heavy (non-hydrogen) atoms. The Morgan fingerprint density at radius 3 is 2.53 bits per heavy atom. The SMILES string of the molecule is CCC(C)(C(O)c1cc(Cl)ccc1Cl)N1CCCC1. The number of hydrogen-bond donors (Lipinski definition) is 1. The largest absolute Gasteiger partial charge is 0.386 e. The van der Waals surface area contributed by atoms with E-state index in [4.69, 9.17) is 23.2 Å². The monoisotopic (exact) mass is 301 g/mol. The van der Waals surface area contributed by atoms with Crippen LogP contribution in [-0.4, -0.2) is 28.6 Å². The summed E-state index contributed by atoms with van der Waals surface area (Å²) >= 11 is 12.3. The summed E-state index contributed by atoms with van der Waals surface area (Å²) in [4.78, 5) is 2.37. The first-order valence-corrected chi connectivity index (χ1v) is 7.62. The van der Waals surface area contributed by atoms with Gasteiger partial charge in [-0.1, -0.05) is 30.1 Å². The molecule has 0 amide bonds. The highest BCUT2D eigenvalue weighted by molar-refractivity contribution is 6.33. The molecule has 2 nitrogen and oxygen atoms in total. The molecule has 0 spiro atoms. The average Bonchev–Trinajstić information content (AvgIpc) is 2.94. The van der Waals surface area contributed by atoms with Crippen molar-refractivity contribution >= 4 is 23.2 Å². The van der Waals surface area contributed by atoms with Crippen LogP contribution < -0.4 is 0 Å². The molecule has 0 bridgehead atoms. The Bertz CT molecular complexity index is 446. The third kappa shape index (κ3) is 2.92. The highest BCUT2D eigenvalue weighted by Gasteiger charge is 2.40. The molecule has 1 saturated heterocycles. The number of benzene rings is 1. The lowest BCUT2D eigenvalue weighted by Crippen LogP contribution is -2.49. The Balaban J connectivity index is 2.34. The molecule has 1 aromatic carbocycles. The molecule has 0 aliphatic carbocycles. The van der Waals surface area contributed by atoms with Crippen LogP contribution in [0.3, 0.4) is 0 Å². The minimum atomic E-state index is -0.623. The number of nitrogens with zero attached hydrogens (tertiary/aromatic N) is 1. The van der Waals surface area contributed by atoms with Crippen molar-refractivity contribution in [1.82, 2.24) is 4.90 Å². The van der Waals surface area contributed by atoms with Crippen molar-refractivity contribution in [3.05, 3.63) is 33.8 Å². The highest BCUT2D eigenvalue weighted by atomic mass is 35.5. The molecule has 1 aromatic rings. The molecule has 0 aromatic heterocycles. The van der Waals surface area contributed by atoms with E-state index in [2.05, 4.69) is 18.7 Å². The molecular weight excluding hydrogens is 281 g/mol. The Morgan fingerprint density at radius 2 is 1.95 bits per heavy atom. The lowest BCUT2D eigenvalue weighted by molar-refractivity contribution is -0.0139. The first-order chi connectivity index (χ1) is 8.99. The van der Waals surface area contributed by atoms with Gasteiger partial charge in [-0.2, -0.15) is 0 Å². The molecule has 1 heterocycles. The van der Waals surface area contributed by atoms with Gasteiger partial charge in [0.05, 0.1) is 6.10 Å². The first-order valence-electron chi connectivity index (χ1n) is 6.87. The van der Waals surface area contributed by atoms with Crippen molar-refractivity contribution in [3.8, 4) is 0 Å². The minimum Gasteiger partial charge on any atom is -0.386 e. The van der Waals surface area contributed by atoms with Crippen molar-refractivity contribution in [1.29, 1.82) is 0 Å². The Labute approximate surface area is 125 Å². The lowest BCUT2D eigenvalue weighted by Gasteiger charge is -2.42. The standard InChI is InChI=1S/C15H21Cl2NO/c1-3-15(2,18-8-4-5-9-18)14(19)12-10-11(16)6-7-13(12)17/h6-7,10,14,19H,3-5,8-9H2,1-2H3. The Kier molecular flexibility index (Phi) is 4.78. The van der Waals surface area contributed by atoms with Crippen LogP contribution in [0.2, 0.25) is 10.0 Å². The first kappa shape index (κ1) is 15.1. The summed E-state index contributed by atoms with van der Waals surface area (Å²) in [6.45, 7) is 6.30. The predicted molar refractivity (Wildman–Crippen MR) is 80.9 cm³/mol. The van der Waals surface area contributed by atoms with Gasteiger partial charge in [-0.3, -0.25) is 4.90 Å². The lowest BCUT2D eigenvalue weighted by atomic mass is 9.85. The van der Waals surface area contributed by atoms with Crippen LogP contribution in [0.5, 0.6) is 0 Å². The van der Waals surface area contributed by atoms with Crippen molar-refractivity contribution < 1.29 is 5.11 Å². The molecule has 4 heteroatoms. The minimum absolute atomic E-state index is 0.287. The number of likely N-dealkylation sites (tertiary alicyclic amines) is 1. The second-order valence-electron chi connectivity index (χ2n) is 5.47. The van der Waals surface area contributed by atoms with E-state index in [0.29, 0.717) is 10.0 Å². The third-order valence-corrected chi connectivity index (χ3v) is 4.97. The maximum Gasteiger partial charge on any atom is 0.0985 e. The fourth-order valence-electron chi connectivity index (χ4n) is 2.88. The van der Waals surface area contributed by atoms with E-state index in [1.807, 2.05) is 0 Å². The molecule has 106 valence electrons. The second-order valence-corrected chi connectivity index (χ2v) is 6.32. The molecule has 1 N–H and O–H groups in total. The molecule has 2 atom stereocenters. The van der Waals surface area contributed by atoms with E-state index >= 15 is 0 Å². The molecule has 0 saturated carbocycles. The van der Waals surface area contributed by atoms with Gasteiger partial charge in [0.25, 0.3) is 0 Å². The van der Waals surface area contributed by atoms with Gasteiger partial charge in [0.1, 0.15) is 0 Å². The predicted octanol–water partition coefficient (Wildman–Crippen LogP) is 4.29. The van der Waals surface area contributed by atoms with Gasteiger partial charge in [0.2, 0.25) is 0 Å². The summed E-state index contributed by atoms with van der Waals surface area (Å²) in [6.07, 6.45) is 2.65. The van der Waals surface area contributed by atoms with Gasteiger partial charge in [0, 0.05) is 21.1 Å². The topological polar surface area (TPSA) is 23.5 Å². The van der Waals surface area contributed by atoms with Crippen molar-refractivity contribution in [2.75, 3.05) is 13.1 Å². The van der Waals surface area contributed by atoms with Gasteiger partial charge in [-0.15, -0.1) is 0 Å². The van der Waals surface area contributed by atoms with E-state index in [0.717, 1.165) is 25.1 Å². The van der Waals surface area contributed by atoms with Crippen LogP contribution in [0.15, 0.2) is 18.2 Å². The maximum absolute atomic E-state index is 10.8. The zero-order valence-electron chi connectivity index (χ0n) is 11.5. The van der Waals surface area contributed by atoms with Crippen LogP contribution >= 0.6 is 23.2 Å². The summed E-state index contributed by atoms with van der Waals surface area (Å²) in [5, 5.41) is 12.0. The van der Waals surface area contributed by atoms with E-state index in [9.17, 15) is 5.11 Å². The third-order valence-electron chi connectivity index (χ3n) is 4.39. The maximum atomic E-state index is 10.8. The quantitative estimate of drug-likeness (QED) is 0.897. The fourth-order valence-corrected chi connectivity index (χ4v) is 3.28. The van der Waals surface area contributed by atoms with E-state index in [-0.39, 0.29) is 5.54 Å². The van der Waals surface area contributed by atoms with Gasteiger partial charge < -0.3 is 5.11 Å². The van der Waals surface area contributed by atoms with Crippen LogP contribution in [0, 0.1) is 0 Å². The Morgan fingerprint density at radius 1 is 1.32 bits per heavy atom. The molecular formula is C15H21Cl2NO. The molecule has 1 aliphatic rings. The van der Waals surface area contributed by atoms with Gasteiger partial charge >= 0.3 is 0 Å². The molecule has 2 rings (SSSR count). The van der Waals surface area contributed by atoms with Crippen molar-refractivity contribution in [3.63, 3.8) is 0 Å². The summed E-state index contributed by atoms with van der Waals surface area (Å²) in [6, 6.07) is 5.28. The van der Waals surface area contributed by atoms with Crippen molar-refractivity contribution in [2.24, 2.45) is 0 Å². The average molecular weight is 302 g/mol. The molecule has 1 aliphatic heterocycles. The zero-order valence-corrected chi connectivity index (χ0v) is 13.0. The number of aliphatic hydroxyl groups is 1. The smallest absolute Gasteiger partial charge is 0.0985 e. The van der Waals surface area contributed by atoms with Crippen LogP contribution in [-0.2, 0) is 0 Å². The summed E-state index contributed by atoms with van der Waals surface area (Å²) in [5.74, 6) is 0. The zero-order chi connectivity index (χ0) is 14.0. The van der Waals surface area contributed by atoms with Crippen LogP contribution in [0.1, 0.15) is 44.8 Å². The van der Waals surface area contributed by atoms with E-state index < -0.39 is 6.10 Å². The number of aliphatic hydroxyl groups excluding tert-OH is 1. The molecule has 2 unspecified atom stereocenters. The van der Waals surface area contributed by atoms with E-state index in [1.165, 1.54) is 12.8 Å². The number of rotatable bonds is 4. The van der Waals surface area contributed by atoms with Crippen LogP contribution in [0.25, 0.3) is 0 Å². The van der Waals surface area contributed by atoms with E-state index in [1.54, 1.807) is 18.2 Å². The van der Waals surface area contributed by atoms with Crippen molar-refractivity contribution in [2.45, 2.75) is 44.8 Å². The molecule has 0 radical (unpaired) electrons. The second kappa shape index (κ2) is 6.01.